The molecule has 0 amide bonds. The smallest absolute Gasteiger partial charge is 0.160 e. The third-order valence-corrected chi connectivity index (χ3v) is 3.45. The molecular weight excluding hydrogens is 262 g/mol. The van der Waals surface area contributed by atoms with E-state index in [0.717, 1.165) is 22.6 Å². The summed E-state index contributed by atoms with van der Waals surface area (Å²) in [6.45, 7) is 6.47. The van der Waals surface area contributed by atoms with Crippen LogP contribution in [0.1, 0.15) is 32.2 Å². The van der Waals surface area contributed by atoms with E-state index in [9.17, 15) is 5.11 Å². The van der Waals surface area contributed by atoms with Gasteiger partial charge in [-0.2, -0.15) is 0 Å². The van der Waals surface area contributed by atoms with Gasteiger partial charge in [0.25, 0.3) is 0 Å². The molecule has 0 aliphatic rings. The normalized spacial score (nSPS) is 12.0. The summed E-state index contributed by atoms with van der Waals surface area (Å²) in [6, 6.07) is 11.2. The zero-order valence-corrected chi connectivity index (χ0v) is 12.5. The molecular formula is C17H19N3O. The number of phenolic OH excluding ortho intramolecular Hbond substituents is 1. The number of hydrogen-bond donors (Lipinski definition) is 1. The fourth-order valence-corrected chi connectivity index (χ4v) is 2.58. The fraction of sp³-hybridized carbons (Fsp3) is 0.294. The van der Waals surface area contributed by atoms with Gasteiger partial charge in [0.15, 0.2) is 5.65 Å². The molecule has 0 spiro atoms. The summed E-state index contributed by atoms with van der Waals surface area (Å²) in [5.41, 5.74) is 2.86. The summed E-state index contributed by atoms with van der Waals surface area (Å²) >= 11 is 0. The van der Waals surface area contributed by atoms with Crippen molar-refractivity contribution < 1.29 is 5.11 Å². The molecule has 0 bridgehead atoms. The number of fused-ring (bicyclic) bond motifs is 1. The van der Waals surface area contributed by atoms with Gasteiger partial charge in [0.1, 0.15) is 17.1 Å². The fourth-order valence-electron chi connectivity index (χ4n) is 2.58. The molecule has 4 nitrogen and oxygen atoms in total. The van der Waals surface area contributed by atoms with Crippen molar-refractivity contribution in [2.24, 2.45) is 0 Å². The third-order valence-electron chi connectivity index (χ3n) is 3.45. The van der Waals surface area contributed by atoms with Gasteiger partial charge in [-0.3, -0.25) is 0 Å². The van der Waals surface area contributed by atoms with Gasteiger partial charge in [0.2, 0.25) is 0 Å². The van der Waals surface area contributed by atoms with E-state index < -0.39 is 0 Å². The molecule has 2 aromatic heterocycles. The van der Waals surface area contributed by atoms with Crippen molar-refractivity contribution in [2.75, 3.05) is 0 Å². The van der Waals surface area contributed by atoms with Crippen LogP contribution in [0.15, 0.2) is 42.6 Å². The second kappa shape index (κ2) is 4.88. The number of pyridine rings is 1. The van der Waals surface area contributed by atoms with Crippen LogP contribution in [-0.2, 0) is 12.0 Å². The predicted molar refractivity (Wildman–Crippen MR) is 83.4 cm³/mol. The number of hydrogen-bond acceptors (Lipinski definition) is 3. The highest BCUT2D eigenvalue weighted by Gasteiger charge is 2.22. The molecule has 3 aromatic rings. The summed E-state index contributed by atoms with van der Waals surface area (Å²) in [5.74, 6) is 1.27. The first-order valence-corrected chi connectivity index (χ1v) is 7.06. The summed E-state index contributed by atoms with van der Waals surface area (Å²) in [4.78, 5) is 9.22. The van der Waals surface area contributed by atoms with E-state index in [2.05, 4.69) is 30.3 Å². The third kappa shape index (κ3) is 2.61. The van der Waals surface area contributed by atoms with E-state index in [1.165, 1.54) is 0 Å². The zero-order valence-electron chi connectivity index (χ0n) is 12.5. The van der Waals surface area contributed by atoms with E-state index in [1.807, 2.05) is 24.3 Å². The Bertz CT molecular complexity index is 767. The lowest BCUT2D eigenvalue weighted by Gasteiger charge is -2.24. The zero-order chi connectivity index (χ0) is 15.0. The summed E-state index contributed by atoms with van der Waals surface area (Å²) < 4.78 is 2.19. The lowest BCUT2D eigenvalue weighted by atomic mass is 10.1. The summed E-state index contributed by atoms with van der Waals surface area (Å²) in [7, 11) is 0. The monoisotopic (exact) mass is 281 g/mol. The Kier molecular flexibility index (Phi) is 3.16. The Balaban J connectivity index is 2.11. The Morgan fingerprint density at radius 3 is 2.48 bits per heavy atom. The first kappa shape index (κ1) is 13.6. The number of nitrogens with zero attached hydrogens (tertiary/aromatic N) is 3. The van der Waals surface area contributed by atoms with Crippen molar-refractivity contribution in [3.05, 3.63) is 54.0 Å². The molecule has 0 fully saturated rings. The minimum Gasteiger partial charge on any atom is -0.508 e. The van der Waals surface area contributed by atoms with Crippen LogP contribution >= 0.6 is 0 Å². The van der Waals surface area contributed by atoms with Crippen LogP contribution in [0.25, 0.3) is 11.2 Å². The number of aromatic hydroxyl groups is 1. The number of rotatable bonds is 2. The number of imidazole rings is 1. The van der Waals surface area contributed by atoms with Gasteiger partial charge in [-0.25, -0.2) is 9.97 Å². The van der Waals surface area contributed by atoms with Crippen LogP contribution in [0.5, 0.6) is 5.75 Å². The second-order valence-corrected chi connectivity index (χ2v) is 6.22. The highest BCUT2D eigenvalue weighted by molar-refractivity contribution is 5.71. The average Bonchev–Trinajstić information content (AvgIpc) is 2.79. The molecule has 21 heavy (non-hydrogen) atoms. The SMILES string of the molecule is CC(C)(C)n1c(Cc2ccc(O)cc2)nc2cccnc21. The Hall–Kier alpha value is -2.36. The molecule has 0 saturated carbocycles. The molecule has 1 aromatic carbocycles. The van der Waals surface area contributed by atoms with E-state index in [4.69, 9.17) is 4.98 Å². The Morgan fingerprint density at radius 2 is 1.81 bits per heavy atom. The second-order valence-electron chi connectivity index (χ2n) is 6.22. The Labute approximate surface area is 124 Å². The maximum absolute atomic E-state index is 9.39. The number of benzene rings is 1. The van der Waals surface area contributed by atoms with Crippen molar-refractivity contribution in [1.82, 2.24) is 14.5 Å². The van der Waals surface area contributed by atoms with Crippen molar-refractivity contribution in [3.8, 4) is 5.75 Å². The van der Waals surface area contributed by atoms with Gasteiger partial charge in [0.05, 0.1) is 0 Å². The lowest BCUT2D eigenvalue weighted by Crippen LogP contribution is -2.24. The predicted octanol–water partition coefficient (Wildman–Crippen LogP) is 3.48. The topological polar surface area (TPSA) is 50.9 Å². The van der Waals surface area contributed by atoms with E-state index in [1.54, 1.807) is 18.3 Å². The van der Waals surface area contributed by atoms with Crippen LogP contribution < -0.4 is 0 Å². The minimum atomic E-state index is -0.0879. The highest BCUT2D eigenvalue weighted by atomic mass is 16.3. The van der Waals surface area contributed by atoms with Gasteiger partial charge < -0.3 is 9.67 Å². The van der Waals surface area contributed by atoms with Gasteiger partial charge in [-0.15, -0.1) is 0 Å². The van der Waals surface area contributed by atoms with E-state index in [0.29, 0.717) is 6.42 Å². The van der Waals surface area contributed by atoms with Crippen LogP contribution in [0, 0.1) is 0 Å². The summed E-state index contributed by atoms with van der Waals surface area (Å²) in [6.07, 6.45) is 2.52. The van der Waals surface area contributed by atoms with Crippen LogP contribution in [-0.4, -0.2) is 19.6 Å². The number of phenols is 1. The van der Waals surface area contributed by atoms with E-state index in [-0.39, 0.29) is 11.3 Å². The molecule has 0 unspecified atom stereocenters. The van der Waals surface area contributed by atoms with E-state index >= 15 is 0 Å². The molecule has 0 aliphatic carbocycles. The van der Waals surface area contributed by atoms with Gasteiger partial charge in [-0.1, -0.05) is 12.1 Å². The molecule has 0 aliphatic heterocycles. The first-order valence-electron chi connectivity index (χ1n) is 7.06. The minimum absolute atomic E-state index is 0.0879. The Morgan fingerprint density at radius 1 is 1.10 bits per heavy atom. The summed E-state index contributed by atoms with van der Waals surface area (Å²) in [5, 5.41) is 9.39. The molecule has 2 heterocycles. The van der Waals surface area contributed by atoms with Crippen molar-refractivity contribution in [2.45, 2.75) is 32.7 Å². The van der Waals surface area contributed by atoms with Gasteiger partial charge in [-0.05, 0) is 50.6 Å². The van der Waals surface area contributed by atoms with Crippen LogP contribution in [0.2, 0.25) is 0 Å². The van der Waals surface area contributed by atoms with Crippen molar-refractivity contribution in [3.63, 3.8) is 0 Å². The van der Waals surface area contributed by atoms with Gasteiger partial charge in [0, 0.05) is 18.2 Å². The molecule has 0 atom stereocenters. The van der Waals surface area contributed by atoms with Crippen LogP contribution in [0.3, 0.4) is 0 Å². The molecule has 3 rings (SSSR count). The van der Waals surface area contributed by atoms with Crippen molar-refractivity contribution >= 4 is 11.2 Å². The molecule has 4 heteroatoms. The largest absolute Gasteiger partial charge is 0.508 e. The molecule has 0 saturated heterocycles. The average molecular weight is 281 g/mol. The lowest BCUT2D eigenvalue weighted by molar-refractivity contribution is 0.394. The molecule has 108 valence electrons. The van der Waals surface area contributed by atoms with Gasteiger partial charge >= 0.3 is 0 Å². The maximum Gasteiger partial charge on any atom is 0.160 e. The van der Waals surface area contributed by atoms with Crippen LogP contribution in [0.4, 0.5) is 0 Å². The quantitative estimate of drug-likeness (QED) is 0.782. The standard InChI is InChI=1S/C17H19N3O/c1-17(2,3)20-15(11-12-6-8-13(21)9-7-12)19-14-5-4-10-18-16(14)20/h4-10,21H,11H2,1-3H3. The van der Waals surface area contributed by atoms with Crippen molar-refractivity contribution in [1.29, 1.82) is 0 Å². The number of aromatic nitrogens is 3. The maximum atomic E-state index is 9.39. The molecule has 0 radical (unpaired) electrons. The molecule has 1 N–H and O–H groups in total. The highest BCUT2D eigenvalue weighted by Crippen LogP contribution is 2.25. The first-order chi connectivity index (χ1) is 9.95.